The van der Waals surface area contributed by atoms with E-state index in [0.717, 1.165) is 5.56 Å². The highest BCUT2D eigenvalue weighted by Crippen LogP contribution is 2.16. The predicted octanol–water partition coefficient (Wildman–Crippen LogP) is 3.46. The van der Waals surface area contributed by atoms with Crippen LogP contribution in [0.1, 0.15) is 22.3 Å². The van der Waals surface area contributed by atoms with Crippen LogP contribution in [0.25, 0.3) is 0 Å². The molecule has 0 aliphatic carbocycles. The van der Waals surface area contributed by atoms with Crippen LogP contribution in [0.5, 0.6) is 0 Å². The van der Waals surface area contributed by atoms with Crippen molar-refractivity contribution in [3.63, 3.8) is 0 Å². The summed E-state index contributed by atoms with van der Waals surface area (Å²) < 4.78 is 0. The number of hydrogen-bond acceptors (Lipinski definition) is 1. The molecule has 0 spiro atoms. The lowest BCUT2D eigenvalue weighted by atomic mass is 10.0. The Kier molecular flexibility index (Phi) is 3.76. The molecule has 1 nitrogen and oxygen atoms in total. The summed E-state index contributed by atoms with van der Waals surface area (Å²) in [7, 11) is 0. The second kappa shape index (κ2) is 4.64. The molecule has 0 atom stereocenters. The van der Waals surface area contributed by atoms with Crippen LogP contribution in [-0.4, -0.2) is 11.7 Å². The Morgan fingerprint density at radius 3 is 2.77 bits per heavy atom. The summed E-state index contributed by atoms with van der Waals surface area (Å²) >= 11 is 11.3. The summed E-state index contributed by atoms with van der Waals surface area (Å²) in [6.45, 7) is 1.89. The van der Waals surface area contributed by atoms with E-state index in [2.05, 4.69) is 0 Å². The van der Waals surface area contributed by atoms with E-state index in [-0.39, 0.29) is 5.78 Å². The van der Waals surface area contributed by atoms with E-state index in [9.17, 15) is 4.79 Å². The smallest absolute Gasteiger partial charge is 0.164 e. The number of aryl methyl sites for hydroxylation is 1. The minimum atomic E-state index is 0.0509. The lowest BCUT2D eigenvalue weighted by Crippen LogP contribution is -2.02. The maximum Gasteiger partial charge on any atom is 0.164 e. The molecular formula is C10H10Cl2O. The molecular weight excluding hydrogens is 207 g/mol. The average Bonchev–Trinajstić information content (AvgIpc) is 2.09. The number of ketones is 1. The van der Waals surface area contributed by atoms with E-state index in [1.54, 1.807) is 12.1 Å². The second-order valence-electron chi connectivity index (χ2n) is 2.82. The van der Waals surface area contributed by atoms with Crippen LogP contribution in [0.2, 0.25) is 5.02 Å². The van der Waals surface area contributed by atoms with Gasteiger partial charge in [-0.3, -0.25) is 4.79 Å². The molecule has 0 heterocycles. The van der Waals surface area contributed by atoms with Crippen molar-refractivity contribution in [3.05, 3.63) is 34.3 Å². The molecule has 0 saturated heterocycles. The predicted molar refractivity (Wildman–Crippen MR) is 55.9 cm³/mol. The van der Waals surface area contributed by atoms with Crippen LogP contribution in [0.3, 0.4) is 0 Å². The Labute approximate surface area is 87.7 Å². The fourth-order valence-electron chi connectivity index (χ4n) is 1.12. The Bertz CT molecular complexity index is 321. The number of carbonyl (C=O) groups is 1. The SMILES string of the molecule is Cc1ccc(Cl)cc1C(=O)CCCl. The standard InChI is InChI=1S/C10H10Cl2O/c1-7-2-3-8(12)6-9(7)10(13)4-5-11/h2-3,6H,4-5H2,1H3. The van der Waals surface area contributed by atoms with Gasteiger partial charge < -0.3 is 0 Å². The maximum atomic E-state index is 11.5. The molecule has 0 aliphatic rings. The zero-order valence-corrected chi connectivity index (χ0v) is 8.82. The number of carbonyl (C=O) groups excluding carboxylic acids is 1. The number of benzene rings is 1. The van der Waals surface area contributed by atoms with Gasteiger partial charge in [-0.1, -0.05) is 17.7 Å². The number of Topliss-reactive ketones (excluding diaryl/α,β-unsaturated/α-hetero) is 1. The van der Waals surface area contributed by atoms with Gasteiger partial charge in [0, 0.05) is 22.9 Å². The molecule has 1 rings (SSSR count). The minimum Gasteiger partial charge on any atom is -0.294 e. The van der Waals surface area contributed by atoms with Gasteiger partial charge in [-0.25, -0.2) is 0 Å². The third-order valence-electron chi connectivity index (χ3n) is 1.82. The van der Waals surface area contributed by atoms with Gasteiger partial charge in [-0.2, -0.15) is 0 Å². The molecule has 0 bridgehead atoms. The van der Waals surface area contributed by atoms with E-state index in [4.69, 9.17) is 23.2 Å². The first-order valence-electron chi connectivity index (χ1n) is 4.00. The summed E-state index contributed by atoms with van der Waals surface area (Å²) in [5, 5.41) is 0.587. The highest BCUT2D eigenvalue weighted by molar-refractivity contribution is 6.31. The molecule has 0 radical (unpaired) electrons. The fraction of sp³-hybridized carbons (Fsp3) is 0.300. The number of alkyl halides is 1. The third-order valence-corrected chi connectivity index (χ3v) is 2.25. The second-order valence-corrected chi connectivity index (χ2v) is 3.64. The van der Waals surface area contributed by atoms with Gasteiger partial charge in [-0.05, 0) is 24.6 Å². The molecule has 1 aromatic rings. The quantitative estimate of drug-likeness (QED) is 0.559. The van der Waals surface area contributed by atoms with Crippen molar-refractivity contribution in [1.82, 2.24) is 0 Å². The van der Waals surface area contributed by atoms with Gasteiger partial charge >= 0.3 is 0 Å². The zero-order valence-electron chi connectivity index (χ0n) is 7.31. The lowest BCUT2D eigenvalue weighted by Gasteiger charge is -2.03. The molecule has 3 heteroatoms. The fourth-order valence-corrected chi connectivity index (χ4v) is 1.46. The van der Waals surface area contributed by atoms with E-state index >= 15 is 0 Å². The molecule has 0 unspecified atom stereocenters. The van der Waals surface area contributed by atoms with Gasteiger partial charge in [0.2, 0.25) is 0 Å². The summed E-state index contributed by atoms with van der Waals surface area (Å²) in [6, 6.07) is 5.30. The first kappa shape index (κ1) is 10.6. The molecule has 1 aromatic carbocycles. The molecule has 70 valence electrons. The van der Waals surface area contributed by atoms with Crippen LogP contribution in [0.4, 0.5) is 0 Å². The van der Waals surface area contributed by atoms with Crippen molar-refractivity contribution in [2.75, 3.05) is 5.88 Å². The largest absolute Gasteiger partial charge is 0.294 e. The van der Waals surface area contributed by atoms with Crippen molar-refractivity contribution in [2.45, 2.75) is 13.3 Å². The minimum absolute atomic E-state index is 0.0509. The Morgan fingerprint density at radius 1 is 1.46 bits per heavy atom. The molecule has 0 amide bonds. The lowest BCUT2D eigenvalue weighted by molar-refractivity contribution is 0.0988. The van der Waals surface area contributed by atoms with Crippen LogP contribution in [-0.2, 0) is 0 Å². The molecule has 13 heavy (non-hydrogen) atoms. The van der Waals surface area contributed by atoms with Crippen LogP contribution in [0.15, 0.2) is 18.2 Å². The summed E-state index contributed by atoms with van der Waals surface area (Å²) in [5.41, 5.74) is 1.62. The monoisotopic (exact) mass is 216 g/mol. The molecule has 0 aromatic heterocycles. The van der Waals surface area contributed by atoms with Crippen LogP contribution >= 0.6 is 23.2 Å². The maximum absolute atomic E-state index is 11.5. The average molecular weight is 217 g/mol. The molecule has 0 aliphatic heterocycles. The van der Waals surface area contributed by atoms with Gasteiger partial charge in [0.25, 0.3) is 0 Å². The van der Waals surface area contributed by atoms with Gasteiger partial charge in [0.05, 0.1) is 0 Å². The first-order chi connectivity index (χ1) is 6.15. The highest BCUT2D eigenvalue weighted by atomic mass is 35.5. The zero-order chi connectivity index (χ0) is 9.84. The van der Waals surface area contributed by atoms with Gasteiger partial charge in [0.1, 0.15) is 0 Å². The Hall–Kier alpha value is -0.530. The number of hydrogen-bond donors (Lipinski definition) is 0. The summed E-state index contributed by atoms with van der Waals surface area (Å²) in [6.07, 6.45) is 0.364. The van der Waals surface area contributed by atoms with Crippen molar-refractivity contribution < 1.29 is 4.79 Å². The molecule has 0 saturated carbocycles. The van der Waals surface area contributed by atoms with Crippen molar-refractivity contribution >= 4 is 29.0 Å². The van der Waals surface area contributed by atoms with Crippen molar-refractivity contribution in [3.8, 4) is 0 Å². The van der Waals surface area contributed by atoms with E-state index in [1.807, 2.05) is 13.0 Å². The summed E-state index contributed by atoms with van der Waals surface area (Å²) in [5.74, 6) is 0.403. The highest BCUT2D eigenvalue weighted by Gasteiger charge is 2.08. The van der Waals surface area contributed by atoms with E-state index in [0.29, 0.717) is 22.9 Å². The van der Waals surface area contributed by atoms with E-state index in [1.165, 1.54) is 0 Å². The molecule has 0 fully saturated rings. The Balaban J connectivity index is 2.99. The van der Waals surface area contributed by atoms with Gasteiger partial charge in [0.15, 0.2) is 5.78 Å². The van der Waals surface area contributed by atoms with Crippen LogP contribution in [0, 0.1) is 6.92 Å². The summed E-state index contributed by atoms with van der Waals surface area (Å²) in [4.78, 5) is 11.5. The van der Waals surface area contributed by atoms with Crippen molar-refractivity contribution in [2.24, 2.45) is 0 Å². The normalized spacial score (nSPS) is 10.1. The first-order valence-corrected chi connectivity index (χ1v) is 4.91. The van der Waals surface area contributed by atoms with Crippen molar-refractivity contribution in [1.29, 1.82) is 0 Å². The Morgan fingerprint density at radius 2 is 2.15 bits per heavy atom. The molecule has 0 N–H and O–H groups in total. The van der Waals surface area contributed by atoms with Gasteiger partial charge in [-0.15, -0.1) is 11.6 Å². The number of halogens is 2. The third kappa shape index (κ3) is 2.71. The number of rotatable bonds is 3. The van der Waals surface area contributed by atoms with Crippen LogP contribution < -0.4 is 0 Å². The van der Waals surface area contributed by atoms with E-state index < -0.39 is 0 Å². The topological polar surface area (TPSA) is 17.1 Å².